The quantitative estimate of drug-likeness (QED) is 0.914. The molecule has 1 N–H and O–H groups in total. The van der Waals surface area contributed by atoms with Crippen LogP contribution in [0.2, 0.25) is 0 Å². The first-order valence-corrected chi connectivity index (χ1v) is 8.49. The third-order valence-electron chi connectivity index (χ3n) is 4.65. The summed E-state index contributed by atoms with van der Waals surface area (Å²) < 4.78 is 38.7. The van der Waals surface area contributed by atoms with Crippen LogP contribution in [-0.4, -0.2) is 36.1 Å². The van der Waals surface area contributed by atoms with Gasteiger partial charge in [0, 0.05) is 32.0 Å². The molecule has 134 valence electrons. The van der Waals surface area contributed by atoms with E-state index in [9.17, 15) is 13.2 Å². The van der Waals surface area contributed by atoms with Crippen molar-refractivity contribution < 1.29 is 13.2 Å². The molecule has 0 bridgehead atoms. The summed E-state index contributed by atoms with van der Waals surface area (Å²) in [6.07, 6.45) is 0.256. The molecule has 1 saturated heterocycles. The second kappa shape index (κ2) is 7.54. The highest BCUT2D eigenvalue weighted by atomic mass is 19.4. The Labute approximate surface area is 145 Å². The zero-order chi connectivity index (χ0) is 17.9. The molecule has 1 aliphatic rings. The number of hydrogen-bond acceptors (Lipinski definition) is 3. The largest absolute Gasteiger partial charge is 0.416 e. The van der Waals surface area contributed by atoms with E-state index in [2.05, 4.69) is 15.2 Å². The van der Waals surface area contributed by atoms with Gasteiger partial charge < -0.3 is 5.32 Å². The number of benzene rings is 1. The Balaban J connectivity index is 2.00. The van der Waals surface area contributed by atoms with Crippen LogP contribution in [0.1, 0.15) is 34.7 Å². The van der Waals surface area contributed by atoms with Gasteiger partial charge in [0.1, 0.15) is 0 Å². The van der Waals surface area contributed by atoms with E-state index in [0.29, 0.717) is 0 Å². The van der Waals surface area contributed by atoms with Crippen molar-refractivity contribution in [2.45, 2.75) is 25.6 Å². The Hall–Kier alpha value is -1.92. The summed E-state index contributed by atoms with van der Waals surface area (Å²) in [5.41, 5.74) is 2.41. The molecule has 1 atom stereocenters. The number of aryl methyl sites for hydroxylation is 1. The lowest BCUT2D eigenvalue weighted by Crippen LogP contribution is -2.33. The normalized spacial score (nSPS) is 17.9. The van der Waals surface area contributed by atoms with Crippen molar-refractivity contribution in [3.8, 4) is 0 Å². The maximum absolute atomic E-state index is 12.9. The SMILES string of the molecule is Cc1cnccc1C(c1ccc(C(F)(F)F)cc1)N1CCCNCC1. The van der Waals surface area contributed by atoms with E-state index in [1.165, 1.54) is 12.1 Å². The third kappa shape index (κ3) is 4.19. The van der Waals surface area contributed by atoms with Gasteiger partial charge in [-0.25, -0.2) is 0 Å². The first kappa shape index (κ1) is 17.9. The van der Waals surface area contributed by atoms with Crippen LogP contribution in [0, 0.1) is 6.92 Å². The average molecular weight is 349 g/mol. The lowest BCUT2D eigenvalue weighted by Gasteiger charge is -2.32. The van der Waals surface area contributed by atoms with Crippen molar-refractivity contribution >= 4 is 0 Å². The van der Waals surface area contributed by atoms with Crippen molar-refractivity contribution in [1.29, 1.82) is 0 Å². The van der Waals surface area contributed by atoms with Crippen LogP contribution in [0.4, 0.5) is 13.2 Å². The predicted molar refractivity (Wildman–Crippen MR) is 91.3 cm³/mol. The molecule has 1 aromatic carbocycles. The zero-order valence-corrected chi connectivity index (χ0v) is 14.2. The fourth-order valence-corrected chi connectivity index (χ4v) is 3.36. The molecule has 3 rings (SSSR count). The van der Waals surface area contributed by atoms with Gasteiger partial charge in [-0.1, -0.05) is 12.1 Å². The first-order chi connectivity index (χ1) is 12.0. The van der Waals surface area contributed by atoms with Gasteiger partial charge in [-0.15, -0.1) is 0 Å². The smallest absolute Gasteiger partial charge is 0.315 e. The molecule has 2 aromatic rings. The van der Waals surface area contributed by atoms with Gasteiger partial charge in [-0.3, -0.25) is 9.88 Å². The molecule has 0 amide bonds. The molecular weight excluding hydrogens is 327 g/mol. The Morgan fingerprint density at radius 1 is 1.08 bits per heavy atom. The molecule has 1 aliphatic heterocycles. The van der Waals surface area contributed by atoms with Gasteiger partial charge in [-0.05, 0) is 54.8 Å². The topological polar surface area (TPSA) is 28.2 Å². The van der Waals surface area contributed by atoms with Crippen molar-refractivity contribution in [3.05, 3.63) is 65.0 Å². The lowest BCUT2D eigenvalue weighted by atomic mass is 9.94. The van der Waals surface area contributed by atoms with E-state index in [4.69, 9.17) is 0 Å². The number of aromatic nitrogens is 1. The first-order valence-electron chi connectivity index (χ1n) is 8.49. The summed E-state index contributed by atoms with van der Waals surface area (Å²) in [5.74, 6) is 0. The Bertz CT molecular complexity index is 690. The summed E-state index contributed by atoms with van der Waals surface area (Å²) in [6.45, 7) is 5.59. The monoisotopic (exact) mass is 349 g/mol. The molecule has 25 heavy (non-hydrogen) atoms. The summed E-state index contributed by atoms with van der Waals surface area (Å²) in [4.78, 5) is 6.49. The number of rotatable bonds is 3. The van der Waals surface area contributed by atoms with Crippen LogP contribution in [0.3, 0.4) is 0 Å². The Kier molecular flexibility index (Phi) is 5.39. The predicted octanol–water partition coefficient (Wildman–Crippen LogP) is 3.79. The molecular formula is C19H22F3N3. The minimum absolute atomic E-state index is 0.0646. The van der Waals surface area contributed by atoms with Gasteiger partial charge in [0.2, 0.25) is 0 Å². The fraction of sp³-hybridized carbons (Fsp3) is 0.421. The highest BCUT2D eigenvalue weighted by Crippen LogP contribution is 2.34. The van der Waals surface area contributed by atoms with E-state index >= 15 is 0 Å². The molecule has 0 aliphatic carbocycles. The number of pyridine rings is 1. The van der Waals surface area contributed by atoms with Crippen molar-refractivity contribution in [1.82, 2.24) is 15.2 Å². The van der Waals surface area contributed by atoms with Gasteiger partial charge in [-0.2, -0.15) is 13.2 Å². The number of nitrogens with one attached hydrogen (secondary N) is 1. The van der Waals surface area contributed by atoms with Crippen LogP contribution in [-0.2, 0) is 6.18 Å². The summed E-state index contributed by atoms with van der Waals surface area (Å²) >= 11 is 0. The Morgan fingerprint density at radius 3 is 2.52 bits per heavy atom. The van der Waals surface area contributed by atoms with Gasteiger partial charge in [0.05, 0.1) is 11.6 Å². The molecule has 0 saturated carbocycles. The maximum atomic E-state index is 12.9. The molecule has 0 radical (unpaired) electrons. The van der Waals surface area contributed by atoms with Gasteiger partial charge in [0.25, 0.3) is 0 Å². The van der Waals surface area contributed by atoms with Crippen LogP contribution in [0.25, 0.3) is 0 Å². The molecule has 2 heterocycles. The highest BCUT2D eigenvalue weighted by molar-refractivity contribution is 5.37. The number of halogens is 3. The van der Waals surface area contributed by atoms with Crippen LogP contribution < -0.4 is 5.32 Å². The maximum Gasteiger partial charge on any atom is 0.416 e. The molecule has 1 aromatic heterocycles. The fourth-order valence-electron chi connectivity index (χ4n) is 3.36. The lowest BCUT2D eigenvalue weighted by molar-refractivity contribution is -0.137. The molecule has 3 nitrogen and oxygen atoms in total. The zero-order valence-electron chi connectivity index (χ0n) is 14.2. The number of nitrogens with zero attached hydrogens (tertiary/aromatic N) is 2. The van der Waals surface area contributed by atoms with Crippen LogP contribution >= 0.6 is 0 Å². The van der Waals surface area contributed by atoms with Crippen LogP contribution in [0.15, 0.2) is 42.7 Å². The second-order valence-electron chi connectivity index (χ2n) is 6.39. The van der Waals surface area contributed by atoms with Gasteiger partial charge >= 0.3 is 6.18 Å². The highest BCUT2D eigenvalue weighted by Gasteiger charge is 2.31. The second-order valence-corrected chi connectivity index (χ2v) is 6.39. The number of alkyl halides is 3. The van der Waals surface area contributed by atoms with Crippen molar-refractivity contribution in [2.75, 3.05) is 26.2 Å². The van der Waals surface area contributed by atoms with Crippen molar-refractivity contribution in [2.24, 2.45) is 0 Å². The molecule has 0 spiro atoms. The standard InChI is InChI=1S/C19H22F3N3/c1-14-13-24-9-7-17(14)18(25-11-2-8-23-10-12-25)15-3-5-16(6-4-15)19(20,21)22/h3-7,9,13,18,23H,2,8,10-12H2,1H3. The Morgan fingerprint density at radius 2 is 1.84 bits per heavy atom. The van der Waals surface area contributed by atoms with E-state index < -0.39 is 11.7 Å². The average Bonchev–Trinajstić information content (AvgIpc) is 2.86. The summed E-state index contributed by atoms with van der Waals surface area (Å²) in [6, 6.07) is 7.46. The van der Waals surface area contributed by atoms with Crippen LogP contribution in [0.5, 0.6) is 0 Å². The van der Waals surface area contributed by atoms with E-state index in [-0.39, 0.29) is 6.04 Å². The molecule has 1 fully saturated rings. The molecule has 6 heteroatoms. The summed E-state index contributed by atoms with van der Waals surface area (Å²) in [7, 11) is 0. The van der Waals surface area contributed by atoms with Crippen molar-refractivity contribution in [3.63, 3.8) is 0 Å². The van der Waals surface area contributed by atoms with E-state index in [0.717, 1.165) is 49.3 Å². The molecule has 1 unspecified atom stereocenters. The van der Waals surface area contributed by atoms with E-state index in [1.807, 2.05) is 19.2 Å². The van der Waals surface area contributed by atoms with Gasteiger partial charge in [0.15, 0.2) is 0 Å². The minimum atomic E-state index is -4.31. The minimum Gasteiger partial charge on any atom is -0.315 e. The summed E-state index contributed by atoms with van der Waals surface area (Å²) in [5, 5.41) is 3.38. The van der Waals surface area contributed by atoms with E-state index in [1.54, 1.807) is 18.3 Å². The third-order valence-corrected chi connectivity index (χ3v) is 4.65. The number of hydrogen-bond donors (Lipinski definition) is 1.